The topological polar surface area (TPSA) is 30.8 Å². The fraction of sp³-hybridized carbons (Fsp3) is 0.316. The van der Waals surface area contributed by atoms with Crippen LogP contribution in [0.25, 0.3) is 0 Å². The monoisotopic (exact) mass is 331 g/mol. The Morgan fingerprint density at radius 2 is 1.75 bits per heavy atom. The molecule has 1 heterocycles. The van der Waals surface area contributed by atoms with Crippen LogP contribution in [0.4, 0.5) is 8.78 Å². The van der Waals surface area contributed by atoms with Crippen molar-refractivity contribution in [2.45, 2.75) is 32.4 Å². The zero-order chi connectivity index (χ0) is 17.2. The second kappa shape index (κ2) is 6.59. The Bertz CT molecular complexity index is 724. The van der Waals surface area contributed by atoms with Gasteiger partial charge < -0.3 is 9.47 Å². The van der Waals surface area contributed by atoms with E-state index >= 15 is 0 Å². The number of ether oxygens (including phenoxy) is 2. The van der Waals surface area contributed by atoms with E-state index in [9.17, 15) is 8.78 Å². The van der Waals surface area contributed by atoms with Gasteiger partial charge in [0.05, 0.1) is 6.04 Å². The molecule has 126 valence electrons. The van der Waals surface area contributed by atoms with Crippen LogP contribution in [0.1, 0.15) is 16.7 Å². The molecule has 2 aromatic rings. The molecule has 0 fully saturated rings. The summed E-state index contributed by atoms with van der Waals surface area (Å²) in [5.74, 6) is -0.480. The Labute approximate surface area is 139 Å². The van der Waals surface area contributed by atoms with Crippen LogP contribution in [0, 0.1) is 13.8 Å². The third kappa shape index (κ3) is 3.55. The maximum atomic E-state index is 14.4. The fourth-order valence-corrected chi connectivity index (χ4v) is 2.70. The summed E-state index contributed by atoms with van der Waals surface area (Å²) in [7, 11) is 0. The molecule has 1 unspecified atom stereocenters. The standard InChI is InChI=1S/C19H19F2NO2/c1-13-7-6-8-14(2)17(13)24-19(20,21)18-22-16(12-23-18)11-15-9-4-3-5-10-15/h3-10,16H,11-12H2,1-2H3. The summed E-state index contributed by atoms with van der Waals surface area (Å²) < 4.78 is 38.9. The molecule has 0 amide bonds. The van der Waals surface area contributed by atoms with Gasteiger partial charge in [0.15, 0.2) is 0 Å². The van der Waals surface area contributed by atoms with Crippen molar-refractivity contribution in [3.05, 3.63) is 65.2 Å². The Balaban J connectivity index is 1.74. The van der Waals surface area contributed by atoms with Gasteiger partial charge >= 0.3 is 12.0 Å². The second-order valence-corrected chi connectivity index (χ2v) is 5.93. The van der Waals surface area contributed by atoms with Crippen molar-refractivity contribution >= 4 is 5.90 Å². The van der Waals surface area contributed by atoms with E-state index in [2.05, 4.69) is 4.99 Å². The number of hydrogen-bond acceptors (Lipinski definition) is 3. The van der Waals surface area contributed by atoms with E-state index in [0.29, 0.717) is 17.5 Å². The first kappa shape index (κ1) is 16.4. The maximum absolute atomic E-state index is 14.4. The lowest BCUT2D eigenvalue weighted by molar-refractivity contribution is -0.126. The van der Waals surface area contributed by atoms with Crippen molar-refractivity contribution in [2.24, 2.45) is 4.99 Å². The summed E-state index contributed by atoms with van der Waals surface area (Å²) in [6, 6.07) is 14.6. The first-order chi connectivity index (χ1) is 11.5. The quantitative estimate of drug-likeness (QED) is 0.817. The van der Waals surface area contributed by atoms with Gasteiger partial charge in [-0.25, -0.2) is 4.99 Å². The summed E-state index contributed by atoms with van der Waals surface area (Å²) in [5, 5.41) is 0. The van der Waals surface area contributed by atoms with Crippen LogP contribution in [0.5, 0.6) is 5.75 Å². The van der Waals surface area contributed by atoms with E-state index in [1.807, 2.05) is 30.3 Å². The molecule has 1 atom stereocenters. The van der Waals surface area contributed by atoms with Crippen molar-refractivity contribution in [2.75, 3.05) is 6.61 Å². The third-order valence-corrected chi connectivity index (χ3v) is 3.91. The Hall–Kier alpha value is -2.43. The van der Waals surface area contributed by atoms with Gasteiger partial charge in [0.1, 0.15) is 12.4 Å². The fourth-order valence-electron chi connectivity index (χ4n) is 2.70. The lowest BCUT2D eigenvalue weighted by Crippen LogP contribution is -2.36. The largest absolute Gasteiger partial charge is 0.479 e. The summed E-state index contributed by atoms with van der Waals surface area (Å²) in [4.78, 5) is 4.03. The highest BCUT2D eigenvalue weighted by molar-refractivity contribution is 5.84. The average molecular weight is 331 g/mol. The molecule has 3 rings (SSSR count). The van der Waals surface area contributed by atoms with E-state index < -0.39 is 12.0 Å². The molecule has 2 aromatic carbocycles. The smallest absolute Gasteiger partial charge is 0.472 e. The molecule has 1 aliphatic heterocycles. The summed E-state index contributed by atoms with van der Waals surface area (Å²) in [6.45, 7) is 3.60. The predicted molar refractivity (Wildman–Crippen MR) is 88.8 cm³/mol. The van der Waals surface area contributed by atoms with Gasteiger partial charge in [-0.15, -0.1) is 0 Å². The predicted octanol–water partition coefficient (Wildman–Crippen LogP) is 4.32. The number of aryl methyl sites for hydroxylation is 2. The summed E-state index contributed by atoms with van der Waals surface area (Å²) in [5.41, 5.74) is 2.33. The van der Waals surface area contributed by atoms with Crippen LogP contribution >= 0.6 is 0 Å². The minimum absolute atomic E-state index is 0.135. The lowest BCUT2D eigenvalue weighted by Gasteiger charge is -2.19. The van der Waals surface area contributed by atoms with Gasteiger partial charge in [0.2, 0.25) is 0 Å². The van der Waals surface area contributed by atoms with Gasteiger partial charge in [-0.3, -0.25) is 0 Å². The lowest BCUT2D eigenvalue weighted by atomic mass is 10.1. The number of halogens is 2. The van der Waals surface area contributed by atoms with Gasteiger partial charge in [0.25, 0.3) is 0 Å². The molecule has 3 nitrogen and oxygen atoms in total. The van der Waals surface area contributed by atoms with Crippen molar-refractivity contribution in [1.82, 2.24) is 0 Å². The molecule has 1 aliphatic rings. The highest BCUT2D eigenvalue weighted by Crippen LogP contribution is 2.31. The summed E-state index contributed by atoms with van der Waals surface area (Å²) >= 11 is 0. The maximum Gasteiger partial charge on any atom is 0.479 e. The molecule has 0 saturated heterocycles. The molecule has 0 aliphatic carbocycles. The van der Waals surface area contributed by atoms with Crippen molar-refractivity contribution in [1.29, 1.82) is 0 Å². The van der Waals surface area contributed by atoms with Crippen LogP contribution in [0.3, 0.4) is 0 Å². The Morgan fingerprint density at radius 1 is 1.08 bits per heavy atom. The van der Waals surface area contributed by atoms with Gasteiger partial charge in [-0.2, -0.15) is 8.78 Å². The molecule has 0 spiro atoms. The molecule has 0 radical (unpaired) electrons. The molecule has 0 aromatic heterocycles. The molecule has 24 heavy (non-hydrogen) atoms. The van der Waals surface area contributed by atoms with Crippen LogP contribution in [0.2, 0.25) is 0 Å². The second-order valence-electron chi connectivity index (χ2n) is 5.93. The first-order valence-corrected chi connectivity index (χ1v) is 7.84. The van der Waals surface area contributed by atoms with E-state index in [1.165, 1.54) is 0 Å². The average Bonchev–Trinajstić information content (AvgIpc) is 3.02. The van der Waals surface area contributed by atoms with E-state index in [4.69, 9.17) is 9.47 Å². The molecular formula is C19H19F2NO2. The number of benzene rings is 2. The van der Waals surface area contributed by atoms with Gasteiger partial charge in [-0.05, 0) is 37.0 Å². The number of aliphatic imine (C=N–C) groups is 1. The molecular weight excluding hydrogens is 312 g/mol. The van der Waals surface area contributed by atoms with E-state index in [-0.39, 0.29) is 18.4 Å². The number of alkyl halides is 2. The van der Waals surface area contributed by atoms with E-state index in [0.717, 1.165) is 5.56 Å². The number of hydrogen-bond donors (Lipinski definition) is 0. The van der Waals surface area contributed by atoms with E-state index in [1.54, 1.807) is 32.0 Å². The van der Waals surface area contributed by atoms with Crippen molar-refractivity contribution in [3.63, 3.8) is 0 Å². The zero-order valence-corrected chi connectivity index (χ0v) is 13.6. The third-order valence-electron chi connectivity index (χ3n) is 3.91. The number of nitrogens with zero attached hydrogens (tertiary/aromatic N) is 1. The minimum atomic E-state index is -3.58. The SMILES string of the molecule is Cc1cccc(C)c1OC(F)(F)C1=NC(Cc2ccccc2)CO1. The van der Waals surface area contributed by atoms with Gasteiger partial charge in [0, 0.05) is 0 Å². The van der Waals surface area contributed by atoms with Crippen molar-refractivity contribution < 1.29 is 18.3 Å². The Morgan fingerprint density at radius 3 is 2.42 bits per heavy atom. The minimum Gasteiger partial charge on any atom is -0.472 e. The zero-order valence-electron chi connectivity index (χ0n) is 13.6. The highest BCUT2D eigenvalue weighted by atomic mass is 19.3. The van der Waals surface area contributed by atoms with Gasteiger partial charge in [-0.1, -0.05) is 48.5 Å². The van der Waals surface area contributed by atoms with Crippen LogP contribution in [-0.4, -0.2) is 24.7 Å². The molecule has 0 N–H and O–H groups in total. The first-order valence-electron chi connectivity index (χ1n) is 7.84. The Kier molecular flexibility index (Phi) is 4.51. The van der Waals surface area contributed by atoms with Crippen molar-refractivity contribution in [3.8, 4) is 5.75 Å². The van der Waals surface area contributed by atoms with Crippen LogP contribution < -0.4 is 4.74 Å². The van der Waals surface area contributed by atoms with Crippen LogP contribution in [-0.2, 0) is 11.2 Å². The summed E-state index contributed by atoms with van der Waals surface area (Å²) in [6.07, 6.45) is -3.02. The number of rotatable bonds is 5. The molecule has 5 heteroatoms. The van der Waals surface area contributed by atoms with Crippen LogP contribution in [0.15, 0.2) is 53.5 Å². The normalized spacial score (nSPS) is 17.3. The molecule has 0 bridgehead atoms. The highest BCUT2D eigenvalue weighted by Gasteiger charge is 2.45. The molecule has 0 saturated carbocycles. The number of para-hydroxylation sites is 1.